The number of piperidine rings is 1. The Morgan fingerprint density at radius 1 is 1.20 bits per heavy atom. The van der Waals surface area contributed by atoms with Gasteiger partial charge in [0.15, 0.2) is 0 Å². The maximum atomic E-state index is 14.0. The second-order valence-electron chi connectivity index (χ2n) is 8.39. The van der Waals surface area contributed by atoms with Gasteiger partial charge >= 0.3 is 12.1 Å². The van der Waals surface area contributed by atoms with Crippen LogP contribution in [-0.4, -0.2) is 53.9 Å². The molecule has 1 saturated heterocycles. The average molecular weight is 481 g/mol. The molecule has 0 aliphatic carbocycles. The highest BCUT2D eigenvalue weighted by Gasteiger charge is 2.26. The zero-order valence-electron chi connectivity index (χ0n) is 19.7. The molecule has 2 aromatic heterocycles. The molecular weight excluding hydrogens is 451 g/mol. The van der Waals surface area contributed by atoms with Crippen molar-refractivity contribution in [3.63, 3.8) is 0 Å². The fourth-order valence-corrected chi connectivity index (χ4v) is 4.10. The number of hydrogen-bond acceptors (Lipinski definition) is 6. The number of urea groups is 1. The maximum Gasteiger partial charge on any atom is 0.407 e. The van der Waals surface area contributed by atoms with E-state index in [0.29, 0.717) is 25.3 Å². The lowest BCUT2D eigenvalue weighted by atomic mass is 9.96. The summed E-state index contributed by atoms with van der Waals surface area (Å²) in [7, 11) is 0. The molecule has 4 N–H and O–H groups in total. The van der Waals surface area contributed by atoms with Crippen LogP contribution in [0.1, 0.15) is 24.6 Å². The number of amides is 3. The molecule has 0 saturated carbocycles. The fourth-order valence-electron chi connectivity index (χ4n) is 4.10. The van der Waals surface area contributed by atoms with E-state index in [0.717, 1.165) is 33.2 Å². The van der Waals surface area contributed by atoms with Crippen LogP contribution in [-0.2, 0) is 11.3 Å². The van der Waals surface area contributed by atoms with Crippen molar-refractivity contribution in [2.45, 2.75) is 39.1 Å². The summed E-state index contributed by atoms with van der Waals surface area (Å²) in [5.41, 5.74) is 3.50. The zero-order chi connectivity index (χ0) is 24.8. The monoisotopic (exact) mass is 480 g/mol. The number of fused-ring (bicyclic) bond motifs is 1. The van der Waals surface area contributed by atoms with Gasteiger partial charge in [0.05, 0.1) is 6.04 Å². The summed E-state index contributed by atoms with van der Waals surface area (Å²) < 4.78 is 19.4. The van der Waals surface area contributed by atoms with E-state index in [2.05, 4.69) is 31.2 Å². The largest absolute Gasteiger partial charge is 0.445 e. The number of hydrogen-bond donors (Lipinski definition) is 4. The molecule has 4 rings (SSSR count). The molecule has 3 heterocycles. The standard InChI is InChI=1S/C25H29FN6O3/c1-3-28-24(33)32-23-11-19-18(16-6-9-29-15(2)10-16)5-4-17(20(19)12-30-23)14-35-25(34)31-22-7-8-27-13-21(22)26/h4-6,9-12,21-22,27H,3,7-8,13-14H2,1-2H3,(H,31,34)(H2,28,30,32,33)/t21-,22+/m0/s1. The van der Waals surface area contributed by atoms with Crippen molar-refractivity contribution >= 4 is 28.7 Å². The highest BCUT2D eigenvalue weighted by molar-refractivity contribution is 6.00. The Morgan fingerprint density at radius 3 is 2.83 bits per heavy atom. The Morgan fingerprint density at radius 2 is 2.06 bits per heavy atom. The number of carbonyl (C=O) groups is 2. The smallest absolute Gasteiger partial charge is 0.407 e. The van der Waals surface area contributed by atoms with Crippen molar-refractivity contribution in [3.8, 4) is 11.1 Å². The van der Waals surface area contributed by atoms with Gasteiger partial charge in [0.1, 0.15) is 18.6 Å². The number of pyridine rings is 2. The van der Waals surface area contributed by atoms with Crippen LogP contribution >= 0.6 is 0 Å². The van der Waals surface area contributed by atoms with Gasteiger partial charge in [0, 0.05) is 36.6 Å². The number of carbonyl (C=O) groups excluding carboxylic acids is 2. The van der Waals surface area contributed by atoms with Crippen LogP contribution in [0.15, 0.2) is 42.7 Å². The maximum absolute atomic E-state index is 14.0. The van der Waals surface area contributed by atoms with Gasteiger partial charge in [-0.3, -0.25) is 10.3 Å². The summed E-state index contributed by atoms with van der Waals surface area (Å²) >= 11 is 0. The lowest BCUT2D eigenvalue weighted by molar-refractivity contribution is 0.122. The molecule has 1 aliphatic rings. The Balaban J connectivity index is 1.60. The molecule has 3 aromatic rings. The number of alkyl carbamates (subject to hydrolysis) is 1. The topological polar surface area (TPSA) is 117 Å². The van der Waals surface area contributed by atoms with Gasteiger partial charge in [-0.1, -0.05) is 12.1 Å². The fraction of sp³-hybridized carbons (Fsp3) is 0.360. The predicted molar refractivity (Wildman–Crippen MR) is 132 cm³/mol. The molecule has 0 unspecified atom stereocenters. The van der Waals surface area contributed by atoms with E-state index < -0.39 is 18.3 Å². The van der Waals surface area contributed by atoms with Crippen LogP contribution in [0, 0.1) is 6.92 Å². The number of alkyl halides is 1. The highest BCUT2D eigenvalue weighted by Crippen LogP contribution is 2.32. The Hall–Kier alpha value is -3.79. The molecule has 10 heteroatoms. The third-order valence-corrected chi connectivity index (χ3v) is 5.85. The van der Waals surface area contributed by atoms with E-state index in [9.17, 15) is 14.0 Å². The predicted octanol–water partition coefficient (Wildman–Crippen LogP) is 3.67. The first-order chi connectivity index (χ1) is 16.9. The second kappa shape index (κ2) is 11.1. The number of anilines is 1. The van der Waals surface area contributed by atoms with Gasteiger partial charge in [-0.15, -0.1) is 0 Å². The van der Waals surface area contributed by atoms with Crippen LogP contribution in [0.4, 0.5) is 19.8 Å². The molecule has 35 heavy (non-hydrogen) atoms. The molecule has 184 valence electrons. The first-order valence-electron chi connectivity index (χ1n) is 11.6. The van der Waals surface area contributed by atoms with Crippen LogP contribution in [0.2, 0.25) is 0 Å². The van der Waals surface area contributed by atoms with Gasteiger partial charge < -0.3 is 20.7 Å². The SMILES string of the molecule is CCNC(=O)Nc1cc2c(-c3ccnc(C)c3)ccc(COC(=O)N[C@@H]3CCNC[C@@H]3F)c2cn1. The number of rotatable bonds is 6. The van der Waals surface area contributed by atoms with Crippen LogP contribution in [0.5, 0.6) is 0 Å². The molecular formula is C25H29FN6O3. The van der Waals surface area contributed by atoms with Crippen molar-refractivity contribution in [2.24, 2.45) is 0 Å². The number of benzene rings is 1. The Bertz CT molecular complexity index is 1220. The van der Waals surface area contributed by atoms with Crippen LogP contribution in [0.3, 0.4) is 0 Å². The van der Waals surface area contributed by atoms with Crippen molar-refractivity contribution in [1.29, 1.82) is 0 Å². The van der Waals surface area contributed by atoms with E-state index >= 15 is 0 Å². The van der Waals surface area contributed by atoms with E-state index in [1.165, 1.54) is 0 Å². The third-order valence-electron chi connectivity index (χ3n) is 5.85. The minimum absolute atomic E-state index is 0.00924. The molecule has 0 bridgehead atoms. The number of aromatic nitrogens is 2. The third kappa shape index (κ3) is 6.02. The lowest BCUT2D eigenvalue weighted by Gasteiger charge is -2.27. The van der Waals surface area contributed by atoms with Crippen LogP contribution < -0.4 is 21.3 Å². The first-order valence-corrected chi connectivity index (χ1v) is 11.6. The minimum atomic E-state index is -1.15. The van der Waals surface area contributed by atoms with Crippen molar-refractivity contribution in [3.05, 3.63) is 54.0 Å². The van der Waals surface area contributed by atoms with E-state index in [-0.39, 0.29) is 19.2 Å². The quantitative estimate of drug-likeness (QED) is 0.428. The summed E-state index contributed by atoms with van der Waals surface area (Å²) in [5, 5.41) is 12.6. The molecule has 1 fully saturated rings. The summed E-state index contributed by atoms with van der Waals surface area (Å²) in [6.07, 6.45) is 2.08. The Labute approximate surface area is 202 Å². The number of aryl methyl sites for hydroxylation is 1. The number of halogens is 1. The Kier molecular flexibility index (Phi) is 7.71. The number of nitrogens with zero attached hydrogens (tertiary/aromatic N) is 2. The van der Waals surface area contributed by atoms with Crippen molar-refractivity contribution in [2.75, 3.05) is 25.0 Å². The van der Waals surface area contributed by atoms with E-state index in [4.69, 9.17) is 4.74 Å². The van der Waals surface area contributed by atoms with Gasteiger partial charge in [-0.05, 0) is 67.1 Å². The van der Waals surface area contributed by atoms with E-state index in [1.807, 2.05) is 38.1 Å². The normalized spacial score (nSPS) is 17.6. The summed E-state index contributed by atoms with van der Waals surface area (Å²) in [6, 6.07) is 8.58. The van der Waals surface area contributed by atoms with Gasteiger partial charge in [-0.2, -0.15) is 0 Å². The number of nitrogens with one attached hydrogen (secondary N) is 4. The van der Waals surface area contributed by atoms with Crippen molar-refractivity contribution < 1.29 is 18.7 Å². The summed E-state index contributed by atoms with van der Waals surface area (Å²) in [6.45, 7) is 5.09. The first kappa shape index (κ1) is 24.3. The molecule has 1 aliphatic heterocycles. The second-order valence-corrected chi connectivity index (χ2v) is 8.39. The lowest BCUT2D eigenvalue weighted by Crippen LogP contribution is -2.50. The van der Waals surface area contributed by atoms with Gasteiger partial charge in [0.2, 0.25) is 0 Å². The van der Waals surface area contributed by atoms with Crippen LogP contribution in [0.25, 0.3) is 21.9 Å². The molecule has 3 amide bonds. The van der Waals surface area contributed by atoms with Crippen molar-refractivity contribution in [1.82, 2.24) is 25.9 Å². The number of ether oxygens (including phenoxy) is 1. The van der Waals surface area contributed by atoms with E-state index in [1.54, 1.807) is 18.5 Å². The molecule has 0 spiro atoms. The molecule has 0 radical (unpaired) electrons. The molecule has 9 nitrogen and oxygen atoms in total. The molecule has 1 aromatic carbocycles. The average Bonchev–Trinajstić information content (AvgIpc) is 2.84. The zero-order valence-corrected chi connectivity index (χ0v) is 19.7. The summed E-state index contributed by atoms with van der Waals surface area (Å²) in [4.78, 5) is 33.0. The van der Waals surface area contributed by atoms with Gasteiger partial charge in [0.25, 0.3) is 0 Å². The minimum Gasteiger partial charge on any atom is -0.445 e. The van der Waals surface area contributed by atoms with Gasteiger partial charge in [-0.25, -0.2) is 19.0 Å². The summed E-state index contributed by atoms with van der Waals surface area (Å²) in [5.74, 6) is 0.395. The highest BCUT2D eigenvalue weighted by atomic mass is 19.1. The molecule has 2 atom stereocenters.